The van der Waals surface area contributed by atoms with Crippen LogP contribution in [0.25, 0.3) is 0 Å². The lowest BCUT2D eigenvalue weighted by molar-refractivity contribution is -0.138. The highest BCUT2D eigenvalue weighted by Gasteiger charge is 2.32. The van der Waals surface area contributed by atoms with Gasteiger partial charge in [0.1, 0.15) is 0 Å². The average molecular weight is 333 g/mol. The summed E-state index contributed by atoms with van der Waals surface area (Å²) in [6.07, 6.45) is -4.33. The first kappa shape index (κ1) is 16.1. The molecule has 0 radical (unpaired) electrons. The van der Waals surface area contributed by atoms with Gasteiger partial charge in [0.25, 0.3) is 0 Å². The predicted molar refractivity (Wildman–Crippen MR) is 79.7 cm³/mol. The molecule has 0 bridgehead atoms. The largest absolute Gasteiger partial charge is 0.416 e. The number of halogens is 3. The summed E-state index contributed by atoms with van der Waals surface area (Å²) in [6, 6.07) is 5.83. The number of hydrogen-bond acceptors (Lipinski definition) is 5. The molecule has 0 saturated carbocycles. The number of aromatic nitrogens is 2. The third-order valence-electron chi connectivity index (χ3n) is 2.49. The molecule has 1 aromatic heterocycles. The van der Waals surface area contributed by atoms with E-state index in [1.54, 1.807) is 6.07 Å². The van der Waals surface area contributed by atoms with Crippen LogP contribution < -0.4 is 5.32 Å². The highest BCUT2D eigenvalue weighted by Crippen LogP contribution is 2.35. The number of thioether (sulfide) groups is 1. The lowest BCUT2D eigenvalue weighted by atomic mass is 10.1. The zero-order valence-electron chi connectivity index (χ0n) is 11.4. The second kappa shape index (κ2) is 6.65. The fourth-order valence-corrected chi connectivity index (χ4v) is 3.54. The molecule has 3 nitrogen and oxygen atoms in total. The van der Waals surface area contributed by atoms with E-state index in [0.717, 1.165) is 6.07 Å². The molecule has 0 amide bonds. The topological polar surface area (TPSA) is 37.8 Å². The first-order valence-corrected chi connectivity index (χ1v) is 8.04. The summed E-state index contributed by atoms with van der Waals surface area (Å²) in [7, 11) is 0. The van der Waals surface area contributed by atoms with Gasteiger partial charge in [-0.2, -0.15) is 13.2 Å². The van der Waals surface area contributed by atoms with Crippen molar-refractivity contribution in [1.82, 2.24) is 10.2 Å². The number of anilines is 1. The minimum Gasteiger partial charge on any atom is -0.358 e. The number of alkyl halides is 3. The molecule has 0 unspecified atom stereocenters. The summed E-state index contributed by atoms with van der Waals surface area (Å²) in [6.45, 7) is 3.96. The first-order chi connectivity index (χ1) is 9.86. The molecule has 0 spiro atoms. The molecule has 0 aliphatic rings. The van der Waals surface area contributed by atoms with Crippen molar-refractivity contribution in [2.45, 2.75) is 36.2 Å². The molecule has 0 fully saturated rings. The van der Waals surface area contributed by atoms with Crippen molar-refractivity contribution < 1.29 is 13.2 Å². The molecule has 2 aromatic rings. The van der Waals surface area contributed by atoms with Gasteiger partial charge in [0.2, 0.25) is 5.13 Å². The number of rotatable bonds is 5. The third kappa shape index (κ3) is 4.60. The third-order valence-corrected chi connectivity index (χ3v) is 4.53. The van der Waals surface area contributed by atoms with Gasteiger partial charge in [-0.25, -0.2) is 0 Å². The van der Waals surface area contributed by atoms with Gasteiger partial charge in [-0.05, 0) is 25.5 Å². The Morgan fingerprint density at radius 2 is 1.95 bits per heavy atom. The summed E-state index contributed by atoms with van der Waals surface area (Å²) >= 11 is 2.60. The van der Waals surface area contributed by atoms with E-state index in [4.69, 9.17) is 0 Å². The second-order valence-corrected chi connectivity index (χ2v) is 6.82. The van der Waals surface area contributed by atoms with Crippen molar-refractivity contribution >= 4 is 28.2 Å². The van der Waals surface area contributed by atoms with Crippen molar-refractivity contribution in [3.63, 3.8) is 0 Å². The van der Waals surface area contributed by atoms with Gasteiger partial charge in [0, 0.05) is 11.8 Å². The van der Waals surface area contributed by atoms with Crippen molar-refractivity contribution in [2.75, 3.05) is 5.32 Å². The summed E-state index contributed by atoms with van der Waals surface area (Å²) in [5, 5.41) is 11.7. The predicted octanol–water partition coefficient (Wildman–Crippen LogP) is 4.67. The Balaban J connectivity index is 2.05. The maximum atomic E-state index is 12.9. The highest BCUT2D eigenvalue weighted by atomic mass is 32.2. The molecule has 8 heteroatoms. The molecule has 0 atom stereocenters. The van der Waals surface area contributed by atoms with E-state index in [9.17, 15) is 13.2 Å². The van der Waals surface area contributed by atoms with Crippen LogP contribution in [0.5, 0.6) is 0 Å². The summed E-state index contributed by atoms with van der Waals surface area (Å²) < 4.78 is 39.3. The maximum absolute atomic E-state index is 12.9. The fraction of sp³-hybridized carbons (Fsp3) is 0.385. The van der Waals surface area contributed by atoms with E-state index in [1.807, 2.05) is 13.8 Å². The van der Waals surface area contributed by atoms with Crippen LogP contribution in [-0.4, -0.2) is 16.2 Å². The molecule has 0 aliphatic carbocycles. The summed E-state index contributed by atoms with van der Waals surface area (Å²) in [5.74, 6) is 0.214. The quantitative estimate of drug-likeness (QED) is 0.807. The number of nitrogens with zero attached hydrogens (tertiary/aromatic N) is 2. The van der Waals surface area contributed by atoms with Crippen molar-refractivity contribution in [2.24, 2.45) is 0 Å². The van der Waals surface area contributed by atoms with Crippen LogP contribution in [0.2, 0.25) is 0 Å². The molecule has 0 aliphatic heterocycles. The van der Waals surface area contributed by atoms with E-state index < -0.39 is 11.7 Å². The minimum absolute atomic E-state index is 0.214. The fourth-order valence-electron chi connectivity index (χ4n) is 1.64. The Hall–Kier alpha value is -1.28. The Bertz CT molecular complexity index is 596. The SMILES string of the molecule is CC(C)Nc1nnc(SCc2ccccc2C(F)(F)F)s1. The second-order valence-electron chi connectivity index (χ2n) is 4.62. The Morgan fingerprint density at radius 3 is 2.62 bits per heavy atom. The summed E-state index contributed by atoms with van der Waals surface area (Å²) in [4.78, 5) is 0. The first-order valence-electron chi connectivity index (χ1n) is 6.24. The van der Waals surface area contributed by atoms with E-state index >= 15 is 0 Å². The molecule has 114 valence electrons. The van der Waals surface area contributed by atoms with E-state index in [1.165, 1.54) is 35.2 Å². The van der Waals surface area contributed by atoms with Gasteiger partial charge in [0.05, 0.1) is 5.56 Å². The number of nitrogens with one attached hydrogen (secondary N) is 1. The van der Waals surface area contributed by atoms with Crippen LogP contribution in [0, 0.1) is 0 Å². The van der Waals surface area contributed by atoms with Gasteiger partial charge >= 0.3 is 6.18 Å². The van der Waals surface area contributed by atoms with Gasteiger partial charge in [0.15, 0.2) is 4.34 Å². The van der Waals surface area contributed by atoms with Gasteiger partial charge in [-0.3, -0.25) is 0 Å². The van der Waals surface area contributed by atoms with E-state index in [2.05, 4.69) is 15.5 Å². The van der Waals surface area contributed by atoms with Crippen LogP contribution in [0.4, 0.5) is 18.3 Å². The van der Waals surface area contributed by atoms with Crippen LogP contribution in [0.15, 0.2) is 28.6 Å². The molecule has 2 rings (SSSR count). The van der Waals surface area contributed by atoms with E-state index in [0.29, 0.717) is 9.47 Å². The smallest absolute Gasteiger partial charge is 0.358 e. The van der Waals surface area contributed by atoms with Gasteiger partial charge in [-0.15, -0.1) is 10.2 Å². The van der Waals surface area contributed by atoms with Crippen LogP contribution in [0.3, 0.4) is 0 Å². The molecule has 21 heavy (non-hydrogen) atoms. The van der Waals surface area contributed by atoms with Crippen molar-refractivity contribution in [3.05, 3.63) is 35.4 Å². The number of benzene rings is 1. The zero-order valence-corrected chi connectivity index (χ0v) is 13.1. The molecule has 1 aromatic carbocycles. The molecular formula is C13H14F3N3S2. The standard InChI is InChI=1S/C13H14F3N3S2/c1-8(2)17-11-18-19-12(21-11)20-7-9-5-3-4-6-10(9)13(14,15)16/h3-6,8H,7H2,1-2H3,(H,17,18). The Kier molecular flexibility index (Phi) is 5.10. The monoisotopic (exact) mass is 333 g/mol. The maximum Gasteiger partial charge on any atom is 0.416 e. The Morgan fingerprint density at radius 1 is 1.24 bits per heavy atom. The van der Waals surface area contributed by atoms with Gasteiger partial charge < -0.3 is 5.32 Å². The highest BCUT2D eigenvalue weighted by molar-refractivity contribution is 8.00. The molecule has 0 saturated heterocycles. The molecule has 1 N–H and O–H groups in total. The van der Waals surface area contributed by atoms with Gasteiger partial charge in [-0.1, -0.05) is 41.3 Å². The van der Waals surface area contributed by atoms with Crippen LogP contribution >= 0.6 is 23.1 Å². The minimum atomic E-state index is -4.33. The Labute approximate surface area is 129 Å². The molecular weight excluding hydrogens is 319 g/mol. The molecule has 1 heterocycles. The lowest BCUT2D eigenvalue weighted by Crippen LogP contribution is -2.08. The van der Waals surface area contributed by atoms with Crippen LogP contribution in [0.1, 0.15) is 25.0 Å². The summed E-state index contributed by atoms with van der Waals surface area (Å²) in [5.41, 5.74) is -0.342. The van der Waals surface area contributed by atoms with Crippen molar-refractivity contribution in [3.8, 4) is 0 Å². The van der Waals surface area contributed by atoms with Crippen molar-refractivity contribution in [1.29, 1.82) is 0 Å². The van der Waals surface area contributed by atoms with E-state index in [-0.39, 0.29) is 17.4 Å². The lowest BCUT2D eigenvalue weighted by Gasteiger charge is -2.11. The zero-order chi connectivity index (χ0) is 15.5. The number of hydrogen-bond donors (Lipinski definition) is 1. The average Bonchev–Trinajstić information content (AvgIpc) is 2.82. The van der Waals surface area contributed by atoms with Crippen LogP contribution in [-0.2, 0) is 11.9 Å². The normalized spacial score (nSPS) is 11.9.